The number of halogens is 1. The average molecular weight is 325 g/mol. The highest BCUT2D eigenvalue weighted by atomic mass is 35.5. The van der Waals surface area contributed by atoms with Gasteiger partial charge < -0.3 is 14.5 Å². The Morgan fingerprint density at radius 3 is 2.55 bits per heavy atom. The Morgan fingerprint density at radius 1 is 1.23 bits per heavy atom. The molecule has 0 bridgehead atoms. The van der Waals surface area contributed by atoms with E-state index >= 15 is 0 Å². The maximum Gasteiger partial charge on any atom is 0.258 e. The largest absolute Gasteiger partial charge is 0.484 e. The van der Waals surface area contributed by atoms with Gasteiger partial charge in [0.25, 0.3) is 5.91 Å². The number of amides is 1. The lowest BCUT2D eigenvalue weighted by atomic mass is 10.2. The number of benzene rings is 1. The summed E-state index contributed by atoms with van der Waals surface area (Å²) < 4.78 is 10.8. The van der Waals surface area contributed by atoms with Crippen LogP contribution in [0.3, 0.4) is 0 Å². The first kappa shape index (κ1) is 18.1. The van der Waals surface area contributed by atoms with Crippen molar-refractivity contribution < 1.29 is 13.9 Å². The fourth-order valence-electron chi connectivity index (χ4n) is 1.95. The number of para-hydroxylation sites is 1. The van der Waals surface area contributed by atoms with Crippen molar-refractivity contribution in [2.75, 3.05) is 27.2 Å². The minimum Gasteiger partial charge on any atom is -0.484 e. The van der Waals surface area contributed by atoms with Gasteiger partial charge in [0.05, 0.1) is 12.3 Å². The molecular formula is C16H21ClN2O3. The van der Waals surface area contributed by atoms with Crippen LogP contribution < -0.4 is 10.1 Å². The topological polar surface area (TPSA) is 54.7 Å². The summed E-state index contributed by atoms with van der Waals surface area (Å²) in [5.41, 5.74) is 0. The molecule has 0 radical (unpaired) electrons. The SMILES string of the molecule is CN(C)C(CNC(=O)COc1ccccc1)c1ccco1.Cl. The third-order valence-electron chi connectivity index (χ3n) is 3.10. The smallest absolute Gasteiger partial charge is 0.258 e. The molecule has 6 heteroatoms. The molecule has 1 amide bonds. The van der Waals surface area contributed by atoms with Crippen LogP contribution >= 0.6 is 12.4 Å². The van der Waals surface area contributed by atoms with Gasteiger partial charge in [0.1, 0.15) is 11.5 Å². The van der Waals surface area contributed by atoms with Crippen molar-refractivity contribution in [3.63, 3.8) is 0 Å². The molecule has 0 saturated heterocycles. The summed E-state index contributed by atoms with van der Waals surface area (Å²) in [7, 11) is 3.89. The van der Waals surface area contributed by atoms with E-state index in [1.54, 1.807) is 6.26 Å². The van der Waals surface area contributed by atoms with Crippen LogP contribution in [0, 0.1) is 0 Å². The van der Waals surface area contributed by atoms with Crippen molar-refractivity contribution in [1.82, 2.24) is 10.2 Å². The van der Waals surface area contributed by atoms with Crippen LogP contribution in [0.4, 0.5) is 0 Å². The van der Waals surface area contributed by atoms with E-state index in [0.29, 0.717) is 12.3 Å². The van der Waals surface area contributed by atoms with Gasteiger partial charge in [0.2, 0.25) is 0 Å². The number of hydrogen-bond acceptors (Lipinski definition) is 4. The highest BCUT2D eigenvalue weighted by Crippen LogP contribution is 2.17. The standard InChI is InChI=1S/C16H20N2O3.ClH/c1-18(2)14(15-9-6-10-20-15)11-17-16(19)12-21-13-7-4-3-5-8-13;/h3-10,14H,11-12H2,1-2H3,(H,17,19);1H. The second-order valence-corrected chi connectivity index (χ2v) is 4.90. The van der Waals surface area contributed by atoms with Gasteiger partial charge in [0.15, 0.2) is 6.61 Å². The van der Waals surface area contributed by atoms with E-state index in [2.05, 4.69) is 5.32 Å². The van der Waals surface area contributed by atoms with Crippen LogP contribution in [0.1, 0.15) is 11.8 Å². The summed E-state index contributed by atoms with van der Waals surface area (Å²) in [5.74, 6) is 1.35. The van der Waals surface area contributed by atoms with E-state index in [1.807, 2.05) is 61.5 Å². The number of carbonyl (C=O) groups excluding carboxylic acids is 1. The molecule has 1 N–H and O–H groups in total. The van der Waals surface area contributed by atoms with E-state index in [0.717, 1.165) is 5.76 Å². The quantitative estimate of drug-likeness (QED) is 0.850. The van der Waals surface area contributed by atoms with E-state index < -0.39 is 0 Å². The van der Waals surface area contributed by atoms with E-state index in [1.165, 1.54) is 0 Å². The van der Waals surface area contributed by atoms with Gasteiger partial charge in [-0.05, 0) is 38.4 Å². The summed E-state index contributed by atoms with van der Waals surface area (Å²) in [6, 6.07) is 13.0. The van der Waals surface area contributed by atoms with Crippen molar-refractivity contribution in [3.8, 4) is 5.75 Å². The Hall–Kier alpha value is -1.98. The first-order chi connectivity index (χ1) is 10.2. The molecule has 5 nitrogen and oxygen atoms in total. The maximum absolute atomic E-state index is 11.8. The summed E-state index contributed by atoms with van der Waals surface area (Å²) >= 11 is 0. The molecule has 1 heterocycles. The zero-order valence-corrected chi connectivity index (χ0v) is 13.5. The first-order valence-corrected chi connectivity index (χ1v) is 6.81. The Balaban J connectivity index is 0.00000242. The summed E-state index contributed by atoms with van der Waals surface area (Å²) in [6.45, 7) is 0.472. The van der Waals surface area contributed by atoms with Gasteiger partial charge >= 0.3 is 0 Å². The Labute approximate surface area is 136 Å². The third kappa shape index (κ3) is 5.42. The lowest BCUT2D eigenvalue weighted by Crippen LogP contribution is -2.36. The molecule has 2 rings (SSSR count). The summed E-state index contributed by atoms with van der Waals surface area (Å²) in [6.07, 6.45) is 1.63. The lowest BCUT2D eigenvalue weighted by Gasteiger charge is -2.22. The Kier molecular flexibility index (Phi) is 7.49. The Morgan fingerprint density at radius 2 is 1.95 bits per heavy atom. The molecule has 1 aromatic carbocycles. The van der Waals surface area contributed by atoms with Crippen molar-refractivity contribution in [2.24, 2.45) is 0 Å². The van der Waals surface area contributed by atoms with Crippen molar-refractivity contribution in [2.45, 2.75) is 6.04 Å². The zero-order valence-electron chi connectivity index (χ0n) is 12.7. The minimum atomic E-state index is -0.155. The average Bonchev–Trinajstić information content (AvgIpc) is 3.00. The monoisotopic (exact) mass is 324 g/mol. The molecule has 22 heavy (non-hydrogen) atoms. The fraction of sp³-hybridized carbons (Fsp3) is 0.312. The van der Waals surface area contributed by atoms with Gasteiger partial charge in [-0.3, -0.25) is 9.69 Å². The number of likely N-dealkylation sites (N-methyl/N-ethyl adjacent to an activating group) is 1. The normalized spacial score (nSPS) is 11.6. The van der Waals surface area contributed by atoms with Gasteiger partial charge in [-0.1, -0.05) is 18.2 Å². The first-order valence-electron chi connectivity index (χ1n) is 6.81. The second kappa shape index (κ2) is 9.12. The lowest BCUT2D eigenvalue weighted by molar-refractivity contribution is -0.123. The number of rotatable bonds is 7. The van der Waals surface area contributed by atoms with Crippen LogP contribution in [-0.4, -0.2) is 38.1 Å². The molecule has 2 aromatic rings. The Bertz CT molecular complexity index is 544. The van der Waals surface area contributed by atoms with Crippen LogP contribution in [-0.2, 0) is 4.79 Å². The predicted molar refractivity (Wildman–Crippen MR) is 87.3 cm³/mol. The summed E-state index contributed by atoms with van der Waals surface area (Å²) in [5, 5.41) is 2.86. The van der Waals surface area contributed by atoms with Crippen molar-refractivity contribution in [3.05, 3.63) is 54.5 Å². The highest BCUT2D eigenvalue weighted by molar-refractivity contribution is 5.85. The van der Waals surface area contributed by atoms with Gasteiger partial charge in [-0.15, -0.1) is 12.4 Å². The predicted octanol–water partition coefficient (Wildman–Crippen LogP) is 2.50. The zero-order chi connectivity index (χ0) is 15.1. The third-order valence-corrected chi connectivity index (χ3v) is 3.10. The molecule has 120 valence electrons. The molecule has 0 spiro atoms. The number of furan rings is 1. The molecule has 0 saturated carbocycles. The van der Waals surface area contributed by atoms with Crippen molar-refractivity contribution in [1.29, 1.82) is 0 Å². The molecular weight excluding hydrogens is 304 g/mol. The van der Waals surface area contributed by atoms with E-state index in [9.17, 15) is 4.79 Å². The molecule has 1 atom stereocenters. The number of carbonyl (C=O) groups is 1. The molecule has 0 aliphatic carbocycles. The highest BCUT2D eigenvalue weighted by Gasteiger charge is 2.17. The van der Waals surface area contributed by atoms with Crippen molar-refractivity contribution >= 4 is 18.3 Å². The van der Waals surface area contributed by atoms with Crippen LogP contribution in [0.25, 0.3) is 0 Å². The van der Waals surface area contributed by atoms with Crippen LogP contribution in [0.15, 0.2) is 53.1 Å². The number of hydrogen-bond donors (Lipinski definition) is 1. The minimum absolute atomic E-state index is 0. The molecule has 0 aliphatic heterocycles. The number of nitrogens with zero attached hydrogens (tertiary/aromatic N) is 1. The number of nitrogens with one attached hydrogen (secondary N) is 1. The van der Waals surface area contributed by atoms with Crippen LogP contribution in [0.5, 0.6) is 5.75 Å². The molecule has 1 aromatic heterocycles. The van der Waals surface area contributed by atoms with E-state index in [-0.39, 0.29) is 31.0 Å². The molecule has 0 fully saturated rings. The van der Waals surface area contributed by atoms with E-state index in [4.69, 9.17) is 9.15 Å². The van der Waals surface area contributed by atoms with Gasteiger partial charge in [0, 0.05) is 6.54 Å². The summed E-state index contributed by atoms with van der Waals surface area (Å²) in [4.78, 5) is 13.8. The van der Waals surface area contributed by atoms with Gasteiger partial charge in [-0.25, -0.2) is 0 Å². The second-order valence-electron chi connectivity index (χ2n) is 4.90. The molecule has 0 aliphatic rings. The van der Waals surface area contributed by atoms with Crippen LogP contribution in [0.2, 0.25) is 0 Å². The molecule has 1 unspecified atom stereocenters. The van der Waals surface area contributed by atoms with Gasteiger partial charge in [-0.2, -0.15) is 0 Å². The number of ether oxygens (including phenoxy) is 1. The fourth-order valence-corrected chi connectivity index (χ4v) is 1.95. The maximum atomic E-state index is 11.8.